The molecule has 0 aromatic carbocycles. The fourth-order valence-corrected chi connectivity index (χ4v) is 2.89. The molecule has 1 aromatic rings. The summed E-state index contributed by atoms with van der Waals surface area (Å²) < 4.78 is 0. The summed E-state index contributed by atoms with van der Waals surface area (Å²) >= 11 is 5.99. The van der Waals surface area contributed by atoms with E-state index in [1.54, 1.807) is 6.20 Å². The van der Waals surface area contributed by atoms with Crippen molar-refractivity contribution in [2.24, 2.45) is 11.8 Å². The Hall–Kier alpha value is -1.03. The normalized spacial score (nSPS) is 23.1. The molecule has 0 aliphatic heterocycles. The van der Waals surface area contributed by atoms with Crippen molar-refractivity contribution in [3.05, 3.63) is 12.3 Å². The number of anilines is 2. The molecule has 1 aliphatic rings. The van der Waals surface area contributed by atoms with E-state index in [9.17, 15) is 0 Å². The maximum Gasteiger partial charge on any atom is 0.226 e. The van der Waals surface area contributed by atoms with Gasteiger partial charge in [-0.25, -0.2) is 4.98 Å². The largest absolute Gasteiger partial charge is 0.370 e. The molecule has 0 bridgehead atoms. The van der Waals surface area contributed by atoms with Gasteiger partial charge in [0, 0.05) is 32.7 Å². The van der Waals surface area contributed by atoms with Crippen LogP contribution in [0.2, 0.25) is 0 Å². The lowest BCUT2D eigenvalue weighted by atomic mass is 9.98. The highest BCUT2D eigenvalue weighted by Crippen LogP contribution is 2.32. The molecule has 0 saturated heterocycles. The summed E-state index contributed by atoms with van der Waals surface area (Å²) in [5.74, 6) is 3.75. The minimum absolute atomic E-state index is 0.661. The maximum atomic E-state index is 5.99. The van der Waals surface area contributed by atoms with Gasteiger partial charge in [0.05, 0.1) is 0 Å². The monoisotopic (exact) mass is 268 g/mol. The van der Waals surface area contributed by atoms with Gasteiger partial charge in [-0.15, -0.1) is 11.6 Å². The third-order valence-corrected chi connectivity index (χ3v) is 4.00. The van der Waals surface area contributed by atoms with Crippen molar-refractivity contribution in [1.82, 2.24) is 9.97 Å². The van der Waals surface area contributed by atoms with Crippen LogP contribution in [0.3, 0.4) is 0 Å². The van der Waals surface area contributed by atoms with E-state index >= 15 is 0 Å². The van der Waals surface area contributed by atoms with E-state index in [1.807, 2.05) is 25.1 Å². The molecule has 4 nitrogen and oxygen atoms in total. The van der Waals surface area contributed by atoms with Crippen molar-refractivity contribution in [1.29, 1.82) is 0 Å². The number of hydrogen-bond acceptors (Lipinski definition) is 4. The molecule has 0 amide bonds. The fourth-order valence-electron chi connectivity index (χ4n) is 2.48. The SMILES string of the molecule is CN(C)c1nccc(NCC2CCCC2CCl)n1. The van der Waals surface area contributed by atoms with E-state index in [1.165, 1.54) is 19.3 Å². The molecule has 1 saturated carbocycles. The Morgan fingerprint density at radius 1 is 1.39 bits per heavy atom. The van der Waals surface area contributed by atoms with E-state index in [0.29, 0.717) is 11.8 Å². The van der Waals surface area contributed by atoms with E-state index in [-0.39, 0.29) is 0 Å². The summed E-state index contributed by atoms with van der Waals surface area (Å²) in [5, 5.41) is 3.41. The molecule has 2 rings (SSSR count). The van der Waals surface area contributed by atoms with Gasteiger partial charge in [-0.3, -0.25) is 0 Å². The summed E-state index contributed by atoms with van der Waals surface area (Å²) in [6.45, 7) is 0.960. The van der Waals surface area contributed by atoms with E-state index in [2.05, 4.69) is 15.3 Å². The van der Waals surface area contributed by atoms with Gasteiger partial charge in [0.15, 0.2) is 0 Å². The van der Waals surface area contributed by atoms with Crippen LogP contribution in [0.5, 0.6) is 0 Å². The van der Waals surface area contributed by atoms with Crippen LogP contribution in [0.4, 0.5) is 11.8 Å². The molecular weight excluding hydrogens is 248 g/mol. The lowest BCUT2D eigenvalue weighted by molar-refractivity contribution is 0.444. The Bertz CT molecular complexity index is 383. The van der Waals surface area contributed by atoms with Crippen LogP contribution in [-0.2, 0) is 0 Å². The Balaban J connectivity index is 1.91. The second-order valence-electron chi connectivity index (χ2n) is 5.12. The zero-order valence-corrected chi connectivity index (χ0v) is 11.8. The van der Waals surface area contributed by atoms with Crippen LogP contribution in [-0.4, -0.2) is 36.5 Å². The molecule has 18 heavy (non-hydrogen) atoms. The smallest absolute Gasteiger partial charge is 0.226 e. The van der Waals surface area contributed by atoms with Crippen molar-refractivity contribution in [2.45, 2.75) is 19.3 Å². The third-order valence-electron chi connectivity index (χ3n) is 3.60. The standard InChI is InChI=1S/C13H21ClN4/c1-18(2)13-15-7-6-12(17-13)16-9-11-5-3-4-10(11)8-14/h6-7,10-11H,3-5,8-9H2,1-2H3,(H,15,16,17). The molecule has 1 heterocycles. The quantitative estimate of drug-likeness (QED) is 0.834. The summed E-state index contributed by atoms with van der Waals surface area (Å²) in [4.78, 5) is 10.6. The van der Waals surface area contributed by atoms with Gasteiger partial charge in [-0.05, 0) is 30.7 Å². The van der Waals surface area contributed by atoms with Gasteiger partial charge in [0.1, 0.15) is 5.82 Å². The number of hydrogen-bond donors (Lipinski definition) is 1. The number of alkyl halides is 1. The lowest BCUT2D eigenvalue weighted by Gasteiger charge is -2.18. The average Bonchev–Trinajstić information content (AvgIpc) is 2.84. The predicted octanol–water partition coefficient (Wildman–Crippen LogP) is 2.61. The number of rotatable bonds is 5. The minimum atomic E-state index is 0.661. The molecule has 100 valence electrons. The summed E-state index contributed by atoms with van der Waals surface area (Å²) in [6, 6.07) is 1.91. The molecule has 5 heteroatoms. The first-order chi connectivity index (χ1) is 8.70. The molecule has 1 aromatic heterocycles. The summed E-state index contributed by atoms with van der Waals surface area (Å²) in [7, 11) is 3.89. The second kappa shape index (κ2) is 6.23. The van der Waals surface area contributed by atoms with Gasteiger partial charge < -0.3 is 10.2 Å². The summed E-state index contributed by atoms with van der Waals surface area (Å²) in [5.41, 5.74) is 0. The molecule has 2 atom stereocenters. The van der Waals surface area contributed by atoms with Gasteiger partial charge in [-0.1, -0.05) is 6.42 Å². The van der Waals surface area contributed by atoms with Gasteiger partial charge in [0.2, 0.25) is 5.95 Å². The number of nitrogens with one attached hydrogen (secondary N) is 1. The Morgan fingerprint density at radius 2 is 2.17 bits per heavy atom. The number of halogens is 1. The minimum Gasteiger partial charge on any atom is -0.370 e. The highest BCUT2D eigenvalue weighted by Gasteiger charge is 2.26. The van der Waals surface area contributed by atoms with Crippen molar-refractivity contribution in [3.8, 4) is 0 Å². The Kier molecular flexibility index (Phi) is 4.64. The molecule has 1 N–H and O–H groups in total. The van der Waals surface area contributed by atoms with Crippen LogP contribution >= 0.6 is 11.6 Å². The molecule has 1 aliphatic carbocycles. The van der Waals surface area contributed by atoms with Crippen molar-refractivity contribution < 1.29 is 0 Å². The first-order valence-electron chi connectivity index (χ1n) is 6.51. The van der Waals surface area contributed by atoms with Gasteiger partial charge in [-0.2, -0.15) is 4.98 Å². The van der Waals surface area contributed by atoms with Crippen molar-refractivity contribution in [2.75, 3.05) is 36.7 Å². The van der Waals surface area contributed by atoms with E-state index < -0.39 is 0 Å². The number of aromatic nitrogens is 2. The van der Waals surface area contributed by atoms with Crippen LogP contribution in [0, 0.1) is 11.8 Å². The fraction of sp³-hybridized carbons (Fsp3) is 0.692. The molecule has 0 radical (unpaired) electrons. The zero-order valence-electron chi connectivity index (χ0n) is 11.1. The van der Waals surface area contributed by atoms with Crippen molar-refractivity contribution in [3.63, 3.8) is 0 Å². The zero-order chi connectivity index (χ0) is 13.0. The van der Waals surface area contributed by atoms with Gasteiger partial charge >= 0.3 is 0 Å². The molecule has 2 unspecified atom stereocenters. The Morgan fingerprint density at radius 3 is 2.89 bits per heavy atom. The van der Waals surface area contributed by atoms with Crippen LogP contribution in [0.15, 0.2) is 12.3 Å². The average molecular weight is 269 g/mol. The highest BCUT2D eigenvalue weighted by atomic mass is 35.5. The Labute approximate surface area is 114 Å². The lowest BCUT2D eigenvalue weighted by Crippen LogP contribution is -2.20. The molecule has 0 spiro atoms. The summed E-state index contributed by atoms with van der Waals surface area (Å²) in [6.07, 6.45) is 5.63. The first-order valence-corrected chi connectivity index (χ1v) is 7.04. The third kappa shape index (κ3) is 3.25. The maximum absolute atomic E-state index is 5.99. The van der Waals surface area contributed by atoms with E-state index in [0.717, 1.165) is 24.2 Å². The van der Waals surface area contributed by atoms with Crippen LogP contribution in [0.1, 0.15) is 19.3 Å². The predicted molar refractivity (Wildman–Crippen MR) is 76.4 cm³/mol. The van der Waals surface area contributed by atoms with Gasteiger partial charge in [0.25, 0.3) is 0 Å². The van der Waals surface area contributed by atoms with Crippen molar-refractivity contribution >= 4 is 23.4 Å². The second-order valence-corrected chi connectivity index (χ2v) is 5.43. The molecular formula is C13H21ClN4. The highest BCUT2D eigenvalue weighted by molar-refractivity contribution is 6.18. The number of nitrogens with zero attached hydrogens (tertiary/aromatic N) is 3. The first kappa shape index (κ1) is 13.4. The molecule has 1 fully saturated rings. The topological polar surface area (TPSA) is 41.1 Å². The van der Waals surface area contributed by atoms with E-state index in [4.69, 9.17) is 11.6 Å². The van der Waals surface area contributed by atoms with Crippen LogP contribution < -0.4 is 10.2 Å². The van der Waals surface area contributed by atoms with Crippen LogP contribution in [0.25, 0.3) is 0 Å².